The standard InChI is InChI=1S/C10H4Cl5NO4/c11-8(12)7-5-3-4(16(17)18)1-2-6(5)19-9(20-7)10(13,14)15/h1-3,9H/t9-/m0/s1. The summed E-state index contributed by atoms with van der Waals surface area (Å²) >= 11 is 28.5. The van der Waals surface area contributed by atoms with Gasteiger partial charge in [0.25, 0.3) is 15.8 Å². The highest BCUT2D eigenvalue weighted by Gasteiger charge is 2.42. The molecule has 1 aliphatic heterocycles. The molecule has 2 rings (SSSR count). The first-order valence-corrected chi connectivity index (χ1v) is 6.83. The molecule has 0 radical (unpaired) electrons. The maximum absolute atomic E-state index is 10.8. The summed E-state index contributed by atoms with van der Waals surface area (Å²) in [4.78, 5) is 10.2. The van der Waals surface area contributed by atoms with Crippen molar-refractivity contribution < 1.29 is 14.4 Å². The molecule has 1 atom stereocenters. The summed E-state index contributed by atoms with van der Waals surface area (Å²) < 4.78 is 8.40. The molecule has 0 aromatic heterocycles. The van der Waals surface area contributed by atoms with Crippen molar-refractivity contribution in [3.8, 4) is 5.75 Å². The van der Waals surface area contributed by atoms with Crippen molar-refractivity contribution in [2.75, 3.05) is 0 Å². The van der Waals surface area contributed by atoms with Crippen LogP contribution in [-0.2, 0) is 4.74 Å². The maximum atomic E-state index is 10.8. The fourth-order valence-electron chi connectivity index (χ4n) is 1.50. The van der Waals surface area contributed by atoms with Crippen LogP contribution < -0.4 is 4.74 Å². The van der Waals surface area contributed by atoms with Gasteiger partial charge in [0.05, 0.1) is 10.5 Å². The maximum Gasteiger partial charge on any atom is 0.288 e. The van der Waals surface area contributed by atoms with Crippen LogP contribution >= 0.6 is 58.0 Å². The van der Waals surface area contributed by atoms with Gasteiger partial charge in [0.15, 0.2) is 5.76 Å². The predicted octanol–water partition coefficient (Wildman–Crippen LogP) is 4.80. The lowest BCUT2D eigenvalue weighted by Gasteiger charge is -2.32. The zero-order valence-electron chi connectivity index (χ0n) is 9.28. The minimum Gasteiger partial charge on any atom is -0.450 e. The van der Waals surface area contributed by atoms with Crippen LogP contribution in [0.25, 0.3) is 5.76 Å². The van der Waals surface area contributed by atoms with E-state index in [9.17, 15) is 10.1 Å². The molecule has 20 heavy (non-hydrogen) atoms. The van der Waals surface area contributed by atoms with Gasteiger partial charge in [-0.05, 0) is 6.07 Å². The number of rotatable bonds is 1. The first-order chi connectivity index (χ1) is 9.20. The second kappa shape index (κ2) is 5.66. The van der Waals surface area contributed by atoms with Crippen LogP contribution in [0.2, 0.25) is 0 Å². The smallest absolute Gasteiger partial charge is 0.288 e. The van der Waals surface area contributed by atoms with Crippen molar-refractivity contribution in [2.45, 2.75) is 10.1 Å². The molecule has 1 aromatic rings. The van der Waals surface area contributed by atoms with Gasteiger partial charge < -0.3 is 9.47 Å². The molecule has 0 saturated heterocycles. The first kappa shape index (κ1) is 15.8. The van der Waals surface area contributed by atoms with Crippen molar-refractivity contribution in [3.05, 3.63) is 38.4 Å². The van der Waals surface area contributed by atoms with Gasteiger partial charge in [0.1, 0.15) is 10.2 Å². The topological polar surface area (TPSA) is 61.6 Å². The predicted molar refractivity (Wildman–Crippen MR) is 77.5 cm³/mol. The van der Waals surface area contributed by atoms with Crippen LogP contribution in [0, 0.1) is 10.1 Å². The molecule has 1 heterocycles. The number of halogens is 5. The molecule has 1 aliphatic rings. The lowest BCUT2D eigenvalue weighted by Crippen LogP contribution is -2.36. The highest BCUT2D eigenvalue weighted by Crippen LogP contribution is 2.45. The molecule has 1 aromatic carbocycles. The Labute approximate surface area is 138 Å². The van der Waals surface area contributed by atoms with Crippen LogP contribution in [0.1, 0.15) is 5.56 Å². The molecule has 0 amide bonds. The monoisotopic (exact) mass is 377 g/mol. The van der Waals surface area contributed by atoms with Crippen molar-refractivity contribution >= 4 is 69.5 Å². The van der Waals surface area contributed by atoms with Crippen LogP contribution in [0.4, 0.5) is 5.69 Å². The molecule has 0 unspecified atom stereocenters. The van der Waals surface area contributed by atoms with Gasteiger partial charge in [-0.2, -0.15) is 0 Å². The molecule has 0 saturated carbocycles. The zero-order chi connectivity index (χ0) is 15.1. The Kier molecular flexibility index (Phi) is 4.47. The van der Waals surface area contributed by atoms with Gasteiger partial charge in [0.2, 0.25) is 0 Å². The van der Waals surface area contributed by atoms with Crippen LogP contribution in [-0.4, -0.2) is 15.0 Å². The van der Waals surface area contributed by atoms with E-state index in [0.717, 1.165) is 0 Å². The Morgan fingerprint density at radius 1 is 1.25 bits per heavy atom. The second-order valence-corrected chi connectivity index (χ2v) is 6.95. The lowest BCUT2D eigenvalue weighted by atomic mass is 10.1. The number of fused-ring (bicyclic) bond motifs is 1. The van der Waals surface area contributed by atoms with Crippen molar-refractivity contribution in [1.82, 2.24) is 0 Å². The number of nitro benzene ring substituents is 1. The first-order valence-electron chi connectivity index (χ1n) is 4.94. The average Bonchev–Trinajstić information content (AvgIpc) is 2.35. The van der Waals surface area contributed by atoms with Gasteiger partial charge in [0, 0.05) is 12.1 Å². The summed E-state index contributed by atoms with van der Waals surface area (Å²) in [7, 11) is 0. The van der Waals surface area contributed by atoms with E-state index in [1.54, 1.807) is 0 Å². The Morgan fingerprint density at radius 2 is 1.90 bits per heavy atom. The number of alkyl halides is 3. The minimum absolute atomic E-state index is 0.0605. The van der Waals surface area contributed by atoms with Crippen molar-refractivity contribution in [1.29, 1.82) is 0 Å². The van der Waals surface area contributed by atoms with E-state index in [4.69, 9.17) is 67.5 Å². The summed E-state index contributed by atoms with van der Waals surface area (Å²) in [6.07, 6.45) is -1.29. The average molecular weight is 379 g/mol. The Hall–Kier alpha value is -0.590. The number of benzene rings is 1. The number of non-ortho nitro benzene ring substituents is 1. The molecule has 108 valence electrons. The summed E-state index contributed by atoms with van der Waals surface area (Å²) in [5, 5.41) is 10.8. The molecule has 0 spiro atoms. The Bertz CT molecular complexity index is 594. The van der Waals surface area contributed by atoms with E-state index in [-0.39, 0.29) is 27.3 Å². The number of hydrogen-bond acceptors (Lipinski definition) is 4. The molecule has 10 heteroatoms. The van der Waals surface area contributed by atoms with Gasteiger partial charge >= 0.3 is 0 Å². The van der Waals surface area contributed by atoms with E-state index in [1.807, 2.05) is 0 Å². The third-order valence-electron chi connectivity index (χ3n) is 2.32. The third-order valence-corrected chi connectivity index (χ3v) is 3.19. The molecule has 0 bridgehead atoms. The molecule has 0 aliphatic carbocycles. The van der Waals surface area contributed by atoms with Gasteiger partial charge in [-0.25, -0.2) is 0 Å². The summed E-state index contributed by atoms with van der Waals surface area (Å²) in [6.45, 7) is 0. The van der Waals surface area contributed by atoms with Crippen LogP contribution in [0.15, 0.2) is 22.7 Å². The molecule has 0 N–H and O–H groups in total. The Morgan fingerprint density at radius 3 is 2.40 bits per heavy atom. The summed E-state index contributed by atoms with van der Waals surface area (Å²) in [6, 6.07) is 3.78. The highest BCUT2D eigenvalue weighted by atomic mass is 35.6. The molecular weight excluding hydrogens is 375 g/mol. The van der Waals surface area contributed by atoms with Crippen molar-refractivity contribution in [3.63, 3.8) is 0 Å². The van der Waals surface area contributed by atoms with Crippen LogP contribution in [0.5, 0.6) is 5.75 Å². The minimum atomic E-state index is -1.89. The zero-order valence-corrected chi connectivity index (χ0v) is 13.1. The fourth-order valence-corrected chi connectivity index (χ4v) is 2.06. The van der Waals surface area contributed by atoms with E-state index in [2.05, 4.69) is 0 Å². The molecule has 5 nitrogen and oxygen atoms in total. The Balaban J connectivity index is 2.54. The van der Waals surface area contributed by atoms with Gasteiger partial charge in [-0.15, -0.1) is 0 Å². The SMILES string of the molecule is O=[N+]([O-])c1ccc2c(c1)C(=C(Cl)Cl)O[C@@H](C(Cl)(Cl)Cl)O2. The van der Waals surface area contributed by atoms with E-state index >= 15 is 0 Å². The van der Waals surface area contributed by atoms with E-state index in [0.29, 0.717) is 0 Å². The normalized spacial score (nSPS) is 17.9. The fraction of sp³-hybridized carbons (Fsp3) is 0.200. The lowest BCUT2D eigenvalue weighted by molar-refractivity contribution is -0.384. The number of ether oxygens (including phenoxy) is 2. The highest BCUT2D eigenvalue weighted by molar-refractivity contribution is 6.68. The van der Waals surface area contributed by atoms with Gasteiger partial charge in [-0.3, -0.25) is 10.1 Å². The summed E-state index contributed by atoms with van der Waals surface area (Å²) in [5.41, 5.74) is 0.0140. The second-order valence-electron chi connectivity index (χ2n) is 3.64. The largest absolute Gasteiger partial charge is 0.450 e. The van der Waals surface area contributed by atoms with E-state index < -0.39 is 15.0 Å². The third kappa shape index (κ3) is 3.18. The number of nitrogens with zero attached hydrogens (tertiary/aromatic N) is 1. The van der Waals surface area contributed by atoms with Crippen molar-refractivity contribution in [2.24, 2.45) is 0 Å². The number of hydrogen-bond donors (Lipinski definition) is 0. The molecule has 0 fully saturated rings. The van der Waals surface area contributed by atoms with Gasteiger partial charge in [-0.1, -0.05) is 58.0 Å². The number of nitro groups is 1. The summed E-state index contributed by atoms with van der Waals surface area (Å²) in [5.74, 6) is 0.140. The van der Waals surface area contributed by atoms with Crippen LogP contribution in [0.3, 0.4) is 0 Å². The molecular formula is C10H4Cl5NO4. The van der Waals surface area contributed by atoms with E-state index in [1.165, 1.54) is 18.2 Å². The quantitative estimate of drug-likeness (QED) is 0.399.